The third-order valence-electron chi connectivity index (χ3n) is 5.01. The summed E-state index contributed by atoms with van der Waals surface area (Å²) in [5.74, 6) is -0.742. The van der Waals surface area contributed by atoms with E-state index in [9.17, 15) is 14.4 Å². The number of benzene rings is 1. The molecular weight excluding hydrogens is 356 g/mol. The lowest BCUT2D eigenvalue weighted by Crippen LogP contribution is -2.47. The molecule has 1 fully saturated rings. The van der Waals surface area contributed by atoms with Gasteiger partial charge in [-0.3, -0.25) is 14.4 Å². The third-order valence-corrected chi connectivity index (χ3v) is 5.01. The number of rotatable bonds is 8. The Labute approximate surface area is 167 Å². The molecule has 6 nitrogen and oxygen atoms in total. The van der Waals surface area contributed by atoms with Gasteiger partial charge in [0.05, 0.1) is 18.6 Å². The second-order valence-corrected chi connectivity index (χ2v) is 7.93. The predicted molar refractivity (Wildman–Crippen MR) is 107 cm³/mol. The van der Waals surface area contributed by atoms with Gasteiger partial charge in [0, 0.05) is 5.92 Å². The first kappa shape index (κ1) is 21.9. The number of amides is 2. The van der Waals surface area contributed by atoms with E-state index < -0.39 is 12.1 Å². The van der Waals surface area contributed by atoms with Crippen LogP contribution < -0.4 is 10.6 Å². The molecule has 1 saturated carbocycles. The second-order valence-electron chi connectivity index (χ2n) is 7.93. The molecule has 6 heteroatoms. The van der Waals surface area contributed by atoms with E-state index >= 15 is 0 Å². The van der Waals surface area contributed by atoms with Crippen molar-refractivity contribution in [2.75, 3.05) is 0 Å². The molecule has 2 N–H and O–H groups in total. The number of carbonyl (C=O) groups excluding carboxylic acids is 3. The Hall–Kier alpha value is -2.37. The fraction of sp³-hybridized carbons (Fsp3) is 0.591. The van der Waals surface area contributed by atoms with Gasteiger partial charge in [-0.2, -0.15) is 0 Å². The SMILES string of the molecule is Cc1ccc(C(CC(=O)OC(C)C)NC(=O)C(C)NC(=O)C2CCCC2)cc1. The Morgan fingerprint density at radius 1 is 1.04 bits per heavy atom. The molecule has 0 spiro atoms. The number of hydrogen-bond donors (Lipinski definition) is 2. The zero-order valence-corrected chi connectivity index (χ0v) is 17.3. The van der Waals surface area contributed by atoms with Crippen molar-refractivity contribution in [2.24, 2.45) is 5.92 Å². The first-order valence-corrected chi connectivity index (χ1v) is 10.1. The molecular formula is C22H32N2O4. The summed E-state index contributed by atoms with van der Waals surface area (Å²) in [4.78, 5) is 37.1. The van der Waals surface area contributed by atoms with Crippen LogP contribution in [-0.4, -0.2) is 29.9 Å². The van der Waals surface area contributed by atoms with Crippen LogP contribution in [0.15, 0.2) is 24.3 Å². The highest BCUT2D eigenvalue weighted by Crippen LogP contribution is 2.25. The Morgan fingerprint density at radius 2 is 1.64 bits per heavy atom. The minimum absolute atomic E-state index is 0.00386. The molecule has 0 aliphatic heterocycles. The van der Waals surface area contributed by atoms with E-state index in [-0.39, 0.29) is 36.2 Å². The molecule has 2 atom stereocenters. The highest BCUT2D eigenvalue weighted by molar-refractivity contribution is 5.88. The van der Waals surface area contributed by atoms with Crippen LogP contribution in [0.4, 0.5) is 0 Å². The monoisotopic (exact) mass is 388 g/mol. The molecule has 0 heterocycles. The van der Waals surface area contributed by atoms with Crippen LogP contribution >= 0.6 is 0 Å². The first-order chi connectivity index (χ1) is 13.3. The van der Waals surface area contributed by atoms with Crippen LogP contribution in [0.3, 0.4) is 0 Å². The maximum atomic E-state index is 12.7. The second kappa shape index (κ2) is 10.2. The third kappa shape index (κ3) is 6.66. The number of aryl methyl sites for hydroxylation is 1. The summed E-state index contributed by atoms with van der Waals surface area (Å²) in [6.07, 6.45) is 3.71. The van der Waals surface area contributed by atoms with Gasteiger partial charge in [0.25, 0.3) is 0 Å². The lowest BCUT2D eigenvalue weighted by Gasteiger charge is -2.23. The minimum Gasteiger partial charge on any atom is -0.463 e. The maximum Gasteiger partial charge on any atom is 0.308 e. The van der Waals surface area contributed by atoms with E-state index in [1.54, 1.807) is 20.8 Å². The summed E-state index contributed by atoms with van der Waals surface area (Å²) >= 11 is 0. The minimum atomic E-state index is -0.665. The van der Waals surface area contributed by atoms with Crippen molar-refractivity contribution in [3.8, 4) is 0 Å². The highest BCUT2D eigenvalue weighted by atomic mass is 16.5. The summed E-state index contributed by atoms with van der Waals surface area (Å²) in [6, 6.07) is 6.49. The van der Waals surface area contributed by atoms with Gasteiger partial charge in [-0.05, 0) is 46.1 Å². The summed E-state index contributed by atoms with van der Waals surface area (Å²) in [5.41, 5.74) is 1.92. The van der Waals surface area contributed by atoms with E-state index in [1.807, 2.05) is 31.2 Å². The predicted octanol–water partition coefficient (Wildman–Crippen LogP) is 3.19. The van der Waals surface area contributed by atoms with E-state index in [1.165, 1.54) is 0 Å². The smallest absolute Gasteiger partial charge is 0.308 e. The molecule has 0 radical (unpaired) electrons. The molecule has 28 heavy (non-hydrogen) atoms. The van der Waals surface area contributed by atoms with E-state index in [0.29, 0.717) is 0 Å². The van der Waals surface area contributed by atoms with Gasteiger partial charge in [0.1, 0.15) is 6.04 Å². The number of esters is 1. The lowest BCUT2D eigenvalue weighted by molar-refractivity contribution is -0.148. The molecule has 2 unspecified atom stereocenters. The first-order valence-electron chi connectivity index (χ1n) is 10.1. The lowest BCUT2D eigenvalue weighted by atomic mass is 10.0. The molecule has 154 valence electrons. The van der Waals surface area contributed by atoms with E-state index in [2.05, 4.69) is 10.6 Å². The number of ether oxygens (including phenoxy) is 1. The van der Waals surface area contributed by atoms with Crippen molar-refractivity contribution < 1.29 is 19.1 Å². The van der Waals surface area contributed by atoms with Crippen molar-refractivity contribution in [3.05, 3.63) is 35.4 Å². The standard InChI is InChI=1S/C22H32N2O4/c1-14(2)28-20(25)13-19(17-11-9-15(3)10-12-17)24-21(26)16(4)23-22(27)18-7-5-6-8-18/h9-12,14,16,18-19H,5-8,13H2,1-4H3,(H,23,27)(H,24,26). The molecule has 0 saturated heterocycles. The zero-order chi connectivity index (χ0) is 20.7. The summed E-state index contributed by atoms with van der Waals surface area (Å²) in [6.45, 7) is 7.22. The molecule has 2 rings (SSSR count). The molecule has 1 aliphatic carbocycles. The largest absolute Gasteiger partial charge is 0.463 e. The molecule has 2 amide bonds. The van der Waals surface area contributed by atoms with Crippen LogP contribution in [0.25, 0.3) is 0 Å². The molecule has 0 aromatic heterocycles. The van der Waals surface area contributed by atoms with Crippen molar-refractivity contribution in [1.29, 1.82) is 0 Å². The number of carbonyl (C=O) groups is 3. The van der Waals surface area contributed by atoms with Gasteiger partial charge in [0.2, 0.25) is 11.8 Å². The van der Waals surface area contributed by atoms with E-state index in [0.717, 1.165) is 36.8 Å². The maximum absolute atomic E-state index is 12.7. The Balaban J connectivity index is 2.02. The average molecular weight is 389 g/mol. The van der Waals surface area contributed by atoms with Crippen LogP contribution in [0.2, 0.25) is 0 Å². The number of nitrogens with one attached hydrogen (secondary N) is 2. The Morgan fingerprint density at radius 3 is 2.21 bits per heavy atom. The number of hydrogen-bond acceptors (Lipinski definition) is 4. The zero-order valence-electron chi connectivity index (χ0n) is 17.3. The van der Waals surface area contributed by atoms with Crippen LogP contribution in [0.1, 0.15) is 70.0 Å². The van der Waals surface area contributed by atoms with Crippen LogP contribution in [0, 0.1) is 12.8 Å². The Bertz CT molecular complexity index is 678. The van der Waals surface area contributed by atoms with Gasteiger partial charge in [-0.1, -0.05) is 42.7 Å². The van der Waals surface area contributed by atoms with Gasteiger partial charge in [-0.25, -0.2) is 0 Å². The molecule has 1 aromatic carbocycles. The molecule has 0 bridgehead atoms. The van der Waals surface area contributed by atoms with Crippen LogP contribution in [-0.2, 0) is 19.1 Å². The summed E-state index contributed by atoms with van der Waals surface area (Å²) in [5, 5.41) is 5.70. The fourth-order valence-corrected chi connectivity index (χ4v) is 3.41. The quantitative estimate of drug-likeness (QED) is 0.670. The Kier molecular flexibility index (Phi) is 8.03. The van der Waals surface area contributed by atoms with E-state index in [4.69, 9.17) is 4.74 Å². The topological polar surface area (TPSA) is 84.5 Å². The molecule has 1 aromatic rings. The van der Waals surface area contributed by atoms with Gasteiger partial charge in [0.15, 0.2) is 0 Å². The van der Waals surface area contributed by atoms with Gasteiger partial charge in [-0.15, -0.1) is 0 Å². The highest BCUT2D eigenvalue weighted by Gasteiger charge is 2.27. The fourth-order valence-electron chi connectivity index (χ4n) is 3.41. The normalized spacial score (nSPS) is 16.5. The average Bonchev–Trinajstić information content (AvgIpc) is 3.15. The van der Waals surface area contributed by atoms with Crippen molar-refractivity contribution in [2.45, 2.75) is 78.0 Å². The van der Waals surface area contributed by atoms with Crippen LogP contribution in [0.5, 0.6) is 0 Å². The van der Waals surface area contributed by atoms with Crippen molar-refractivity contribution >= 4 is 17.8 Å². The summed E-state index contributed by atoms with van der Waals surface area (Å²) in [7, 11) is 0. The van der Waals surface area contributed by atoms with Crippen molar-refractivity contribution in [1.82, 2.24) is 10.6 Å². The molecule has 1 aliphatic rings. The summed E-state index contributed by atoms with van der Waals surface area (Å²) < 4.78 is 5.24. The van der Waals surface area contributed by atoms with Gasteiger partial charge < -0.3 is 15.4 Å². The van der Waals surface area contributed by atoms with Gasteiger partial charge >= 0.3 is 5.97 Å². The van der Waals surface area contributed by atoms with Crippen molar-refractivity contribution in [3.63, 3.8) is 0 Å².